The number of fused-ring (bicyclic) bond motifs is 1. The number of nitro groups is 1. The Morgan fingerprint density at radius 3 is 2.37 bits per heavy atom. The molecule has 0 aliphatic rings. The smallest absolute Gasteiger partial charge is 0.269 e. The monoisotopic (exact) mass is 506 g/mol. The molecule has 190 valence electrons. The molecule has 3 aromatic carbocycles. The number of pyridine rings is 1. The predicted molar refractivity (Wildman–Crippen MR) is 147 cm³/mol. The Labute approximate surface area is 219 Å². The van der Waals surface area contributed by atoms with Gasteiger partial charge in [0.2, 0.25) is 0 Å². The van der Waals surface area contributed by atoms with Crippen molar-refractivity contribution in [1.29, 1.82) is 0 Å². The number of non-ortho nitro benzene ring substituents is 1. The Morgan fingerprint density at radius 2 is 1.63 bits per heavy atom. The Hall–Kier alpha value is -5.02. The van der Waals surface area contributed by atoms with Crippen LogP contribution in [0.25, 0.3) is 16.9 Å². The molecule has 38 heavy (non-hydrogen) atoms. The van der Waals surface area contributed by atoms with Gasteiger partial charge in [-0.15, -0.1) is 0 Å². The highest BCUT2D eigenvalue weighted by Crippen LogP contribution is 2.31. The third-order valence-corrected chi connectivity index (χ3v) is 6.22. The third kappa shape index (κ3) is 5.37. The van der Waals surface area contributed by atoms with Gasteiger partial charge in [-0.05, 0) is 41.0 Å². The van der Waals surface area contributed by atoms with E-state index in [1.165, 1.54) is 12.1 Å². The number of hydrogen-bond acceptors (Lipinski definition) is 6. The lowest BCUT2D eigenvalue weighted by Crippen LogP contribution is -2.23. The van der Waals surface area contributed by atoms with Crippen LogP contribution in [-0.4, -0.2) is 20.2 Å². The van der Waals surface area contributed by atoms with Crippen LogP contribution in [0, 0.1) is 10.1 Å². The van der Waals surface area contributed by atoms with E-state index in [-0.39, 0.29) is 11.6 Å². The molecule has 2 aromatic heterocycles. The summed E-state index contributed by atoms with van der Waals surface area (Å²) in [7, 11) is 0. The molecule has 0 radical (unpaired) electrons. The normalized spacial score (nSPS) is 10.9. The van der Waals surface area contributed by atoms with Crippen LogP contribution in [0.5, 0.6) is 0 Å². The second kappa shape index (κ2) is 10.9. The highest BCUT2D eigenvalue weighted by molar-refractivity contribution is 5.95. The van der Waals surface area contributed by atoms with E-state index in [0.29, 0.717) is 36.5 Å². The van der Waals surface area contributed by atoms with E-state index in [4.69, 9.17) is 10.7 Å². The number of nitrogens with one attached hydrogen (secondary N) is 2. The summed E-state index contributed by atoms with van der Waals surface area (Å²) in [5.41, 5.74) is 11.2. The number of imidazole rings is 1. The van der Waals surface area contributed by atoms with E-state index in [0.717, 1.165) is 28.1 Å². The minimum absolute atomic E-state index is 0.00673. The number of aromatic nitrogens is 2. The van der Waals surface area contributed by atoms with Crippen molar-refractivity contribution in [1.82, 2.24) is 14.7 Å². The first-order chi connectivity index (χ1) is 18.5. The molecule has 5 rings (SSSR count). The molecule has 0 saturated heterocycles. The maximum absolute atomic E-state index is 12.9. The zero-order chi connectivity index (χ0) is 26.5. The van der Waals surface area contributed by atoms with Gasteiger partial charge in [0.15, 0.2) is 0 Å². The maximum Gasteiger partial charge on any atom is 0.269 e. The SMILES string of the molecule is NCc1cccc(CNC(=O)c2ccn3c(NCc4ccccc4)c(-c4ccc([N+](=O)[O-])cc4)nc3c2)c1. The number of rotatable bonds is 9. The van der Waals surface area contributed by atoms with Gasteiger partial charge in [0.05, 0.1) is 4.92 Å². The highest BCUT2D eigenvalue weighted by Gasteiger charge is 2.17. The van der Waals surface area contributed by atoms with E-state index in [9.17, 15) is 14.9 Å². The van der Waals surface area contributed by atoms with Crippen molar-refractivity contribution in [3.8, 4) is 11.3 Å². The quantitative estimate of drug-likeness (QED) is 0.193. The average molecular weight is 507 g/mol. The average Bonchev–Trinajstić information content (AvgIpc) is 3.33. The van der Waals surface area contributed by atoms with Gasteiger partial charge in [-0.1, -0.05) is 54.6 Å². The fourth-order valence-corrected chi connectivity index (χ4v) is 4.23. The molecular formula is C29H26N6O3. The molecule has 9 nitrogen and oxygen atoms in total. The van der Waals surface area contributed by atoms with Crippen LogP contribution in [0.1, 0.15) is 27.0 Å². The summed E-state index contributed by atoms with van der Waals surface area (Å²) in [4.78, 5) is 28.4. The number of nitrogens with two attached hydrogens (primary N) is 1. The minimum Gasteiger partial charge on any atom is -0.365 e. The van der Waals surface area contributed by atoms with Gasteiger partial charge in [-0.3, -0.25) is 19.3 Å². The molecule has 0 saturated carbocycles. The van der Waals surface area contributed by atoms with E-state index in [1.807, 2.05) is 59.0 Å². The van der Waals surface area contributed by atoms with Gasteiger partial charge >= 0.3 is 0 Å². The van der Waals surface area contributed by atoms with Gasteiger partial charge in [-0.25, -0.2) is 4.98 Å². The van der Waals surface area contributed by atoms with Crippen LogP contribution in [0.4, 0.5) is 11.5 Å². The van der Waals surface area contributed by atoms with Gasteiger partial charge in [0, 0.05) is 49.1 Å². The summed E-state index contributed by atoms with van der Waals surface area (Å²) in [5, 5.41) is 17.5. The number of carbonyl (C=O) groups excluding carboxylic acids is 1. The molecule has 2 heterocycles. The summed E-state index contributed by atoms with van der Waals surface area (Å²) >= 11 is 0. The first-order valence-electron chi connectivity index (χ1n) is 12.1. The van der Waals surface area contributed by atoms with Crippen molar-refractivity contribution in [3.63, 3.8) is 0 Å². The molecule has 0 aliphatic heterocycles. The molecule has 1 amide bonds. The maximum atomic E-state index is 12.9. The number of nitro benzene ring substituents is 1. The minimum atomic E-state index is -0.431. The molecule has 0 unspecified atom stereocenters. The lowest BCUT2D eigenvalue weighted by atomic mass is 10.1. The number of nitrogens with zero attached hydrogens (tertiary/aromatic N) is 3. The van der Waals surface area contributed by atoms with Crippen LogP contribution in [0.3, 0.4) is 0 Å². The van der Waals surface area contributed by atoms with E-state index in [1.54, 1.807) is 30.5 Å². The molecule has 0 atom stereocenters. The standard InChI is InChI=1S/C29H26N6O3/c30-17-21-7-4-8-22(15-21)19-32-29(36)24-13-14-34-26(16-24)33-27(23-9-11-25(12-10-23)35(37)38)28(34)31-18-20-5-2-1-3-6-20/h1-16,31H,17-19,30H2,(H,32,36). The van der Waals surface area contributed by atoms with Gasteiger partial charge in [0.1, 0.15) is 17.2 Å². The van der Waals surface area contributed by atoms with Crippen molar-refractivity contribution in [2.45, 2.75) is 19.6 Å². The first kappa shape index (κ1) is 24.7. The topological polar surface area (TPSA) is 128 Å². The second-order valence-corrected chi connectivity index (χ2v) is 8.80. The zero-order valence-electron chi connectivity index (χ0n) is 20.5. The van der Waals surface area contributed by atoms with Gasteiger partial charge < -0.3 is 16.4 Å². The summed E-state index contributed by atoms with van der Waals surface area (Å²) in [6.45, 7) is 1.37. The van der Waals surface area contributed by atoms with Gasteiger partial charge in [-0.2, -0.15) is 0 Å². The van der Waals surface area contributed by atoms with E-state index in [2.05, 4.69) is 10.6 Å². The molecule has 4 N–H and O–H groups in total. The van der Waals surface area contributed by atoms with Crippen molar-refractivity contribution in [3.05, 3.63) is 130 Å². The van der Waals surface area contributed by atoms with E-state index < -0.39 is 4.92 Å². The van der Waals surface area contributed by atoms with Crippen LogP contribution in [-0.2, 0) is 19.6 Å². The third-order valence-electron chi connectivity index (χ3n) is 6.22. The number of anilines is 1. The van der Waals surface area contributed by atoms with Gasteiger partial charge in [0.25, 0.3) is 11.6 Å². The lowest BCUT2D eigenvalue weighted by Gasteiger charge is -2.10. The highest BCUT2D eigenvalue weighted by atomic mass is 16.6. The fourth-order valence-electron chi connectivity index (χ4n) is 4.23. The number of amides is 1. The summed E-state index contributed by atoms with van der Waals surface area (Å²) < 4.78 is 1.88. The van der Waals surface area contributed by atoms with Crippen LogP contribution >= 0.6 is 0 Å². The van der Waals surface area contributed by atoms with Crippen molar-refractivity contribution >= 4 is 23.1 Å². The van der Waals surface area contributed by atoms with Crippen molar-refractivity contribution < 1.29 is 9.72 Å². The Bertz CT molecular complexity index is 1600. The summed E-state index contributed by atoms with van der Waals surface area (Å²) in [6, 6.07) is 27.5. The molecule has 0 aliphatic carbocycles. The van der Waals surface area contributed by atoms with E-state index >= 15 is 0 Å². The second-order valence-electron chi connectivity index (χ2n) is 8.80. The number of carbonyl (C=O) groups is 1. The Morgan fingerprint density at radius 1 is 0.895 bits per heavy atom. The Kier molecular flexibility index (Phi) is 7.10. The molecule has 5 aromatic rings. The van der Waals surface area contributed by atoms with Crippen LogP contribution in [0.2, 0.25) is 0 Å². The fraction of sp³-hybridized carbons (Fsp3) is 0.103. The molecule has 0 bridgehead atoms. The number of benzene rings is 3. The molecular weight excluding hydrogens is 480 g/mol. The van der Waals surface area contributed by atoms with Crippen molar-refractivity contribution in [2.75, 3.05) is 5.32 Å². The zero-order valence-corrected chi connectivity index (χ0v) is 20.5. The Balaban J connectivity index is 1.44. The predicted octanol–water partition coefficient (Wildman–Crippen LogP) is 4.91. The summed E-state index contributed by atoms with van der Waals surface area (Å²) in [6.07, 6.45) is 1.80. The first-order valence-corrected chi connectivity index (χ1v) is 12.1. The molecule has 0 spiro atoms. The van der Waals surface area contributed by atoms with Crippen LogP contribution < -0.4 is 16.4 Å². The molecule has 0 fully saturated rings. The number of hydrogen-bond donors (Lipinski definition) is 3. The summed E-state index contributed by atoms with van der Waals surface area (Å²) in [5.74, 6) is 0.507. The molecule has 9 heteroatoms. The van der Waals surface area contributed by atoms with Crippen molar-refractivity contribution in [2.24, 2.45) is 5.73 Å². The lowest BCUT2D eigenvalue weighted by molar-refractivity contribution is -0.384. The van der Waals surface area contributed by atoms with Crippen LogP contribution in [0.15, 0.2) is 97.2 Å². The largest absolute Gasteiger partial charge is 0.365 e.